The Balaban J connectivity index is 1.09. The highest BCUT2D eigenvalue weighted by atomic mass is 19.3. The first-order chi connectivity index (χ1) is 24.2. The molecular formula is C35H41F2N9O4. The Morgan fingerprint density at radius 1 is 1.06 bits per heavy atom. The molecule has 1 saturated heterocycles. The first-order valence-electron chi connectivity index (χ1n) is 17.1. The predicted octanol–water partition coefficient (Wildman–Crippen LogP) is 4.55. The largest absolute Gasteiger partial charge is 0.478 e. The lowest BCUT2D eigenvalue weighted by molar-refractivity contribution is -0.129. The molecule has 1 amide bonds. The molecule has 7 rings (SSSR count). The molecule has 3 aliphatic heterocycles. The van der Waals surface area contributed by atoms with Crippen molar-refractivity contribution < 1.29 is 28.2 Å². The summed E-state index contributed by atoms with van der Waals surface area (Å²) < 4.78 is 38.7. The zero-order valence-electron chi connectivity index (χ0n) is 28.3. The van der Waals surface area contributed by atoms with Gasteiger partial charge in [0.2, 0.25) is 5.91 Å². The van der Waals surface area contributed by atoms with Gasteiger partial charge in [-0.1, -0.05) is 0 Å². The highest BCUT2D eigenvalue weighted by Crippen LogP contribution is 2.43. The summed E-state index contributed by atoms with van der Waals surface area (Å²) in [6.45, 7) is 6.47. The molecule has 0 atom stereocenters. The molecule has 264 valence electrons. The molecule has 3 aliphatic rings. The van der Waals surface area contributed by atoms with E-state index >= 15 is 0 Å². The number of hydrogen-bond donors (Lipinski definition) is 1. The number of rotatable bonds is 10. The third-order valence-corrected chi connectivity index (χ3v) is 10.0. The van der Waals surface area contributed by atoms with Gasteiger partial charge in [0.1, 0.15) is 6.61 Å². The van der Waals surface area contributed by atoms with E-state index in [1.807, 2.05) is 11.0 Å². The molecule has 1 N–H and O–H groups in total. The van der Waals surface area contributed by atoms with Crippen LogP contribution in [0.2, 0.25) is 0 Å². The number of carbonyl (C=O) groups is 2. The number of benzene rings is 1. The molecule has 0 saturated carbocycles. The van der Waals surface area contributed by atoms with Crippen molar-refractivity contribution in [2.75, 3.05) is 44.2 Å². The number of carbonyl (C=O) groups excluding carboxylic acids is 1. The minimum atomic E-state index is -2.66. The van der Waals surface area contributed by atoms with Crippen LogP contribution in [0.4, 0.5) is 20.3 Å². The van der Waals surface area contributed by atoms with E-state index in [4.69, 9.17) is 14.9 Å². The number of anilines is 2. The number of likely N-dealkylation sites (tertiary alicyclic amines) is 1. The lowest BCUT2D eigenvalue weighted by Crippen LogP contribution is -2.38. The Bertz CT molecular complexity index is 1870. The predicted molar refractivity (Wildman–Crippen MR) is 179 cm³/mol. The van der Waals surface area contributed by atoms with Crippen molar-refractivity contribution >= 4 is 23.4 Å². The molecule has 0 spiro atoms. The fraction of sp³-hybridized carbons (Fsp3) is 0.486. The van der Waals surface area contributed by atoms with E-state index in [9.17, 15) is 18.4 Å². The number of aromatic nitrogens is 6. The maximum atomic E-state index is 14.6. The maximum Gasteiger partial charge on any atom is 0.338 e. The number of aromatic carboxylic acids is 1. The van der Waals surface area contributed by atoms with Crippen LogP contribution >= 0.6 is 0 Å². The lowest BCUT2D eigenvalue weighted by atomic mass is 9.92. The monoisotopic (exact) mass is 689 g/mol. The van der Waals surface area contributed by atoms with Crippen molar-refractivity contribution in [1.29, 1.82) is 0 Å². The molecule has 6 heterocycles. The first kappa shape index (κ1) is 33.7. The number of amides is 1. The summed E-state index contributed by atoms with van der Waals surface area (Å²) in [6, 6.07) is 3.71. The minimum Gasteiger partial charge on any atom is -0.478 e. The lowest BCUT2D eigenvalue weighted by Gasteiger charge is -2.34. The molecule has 50 heavy (non-hydrogen) atoms. The van der Waals surface area contributed by atoms with E-state index < -0.39 is 12.4 Å². The van der Waals surface area contributed by atoms with Gasteiger partial charge in [-0.05, 0) is 48.9 Å². The summed E-state index contributed by atoms with van der Waals surface area (Å²) in [4.78, 5) is 37.9. The third kappa shape index (κ3) is 6.84. The SMILES string of the molecule is CC(=O)N1CCc2c(c(N3CCCc4cc(-c5cnn(C)c5)c(C(F)F)cc43)nn2C2CCN(CCOCc3ncc(C(=O)O)cn3)CC2)C1. The van der Waals surface area contributed by atoms with E-state index in [0.29, 0.717) is 49.6 Å². The van der Waals surface area contributed by atoms with Gasteiger partial charge in [-0.2, -0.15) is 10.2 Å². The maximum absolute atomic E-state index is 14.6. The summed E-state index contributed by atoms with van der Waals surface area (Å²) in [7, 11) is 1.78. The van der Waals surface area contributed by atoms with E-state index in [2.05, 4.69) is 29.5 Å². The number of ether oxygens (including phenoxy) is 1. The average molecular weight is 690 g/mol. The average Bonchev–Trinajstić information content (AvgIpc) is 3.73. The molecule has 1 fully saturated rings. The van der Waals surface area contributed by atoms with E-state index in [1.54, 1.807) is 37.1 Å². The quantitative estimate of drug-likeness (QED) is 0.236. The van der Waals surface area contributed by atoms with Gasteiger partial charge in [0.15, 0.2) is 11.6 Å². The zero-order valence-corrected chi connectivity index (χ0v) is 28.3. The number of carboxylic acid groups (broad SMARTS) is 1. The summed E-state index contributed by atoms with van der Waals surface area (Å²) in [6.07, 6.45) is 7.39. The van der Waals surface area contributed by atoms with Crippen molar-refractivity contribution in [1.82, 2.24) is 39.3 Å². The number of nitrogens with zero attached hydrogens (tertiary/aromatic N) is 9. The first-order valence-corrected chi connectivity index (χ1v) is 17.1. The van der Waals surface area contributed by atoms with Gasteiger partial charge in [-0.15, -0.1) is 0 Å². The fourth-order valence-corrected chi connectivity index (χ4v) is 7.36. The Hall–Kier alpha value is -4.76. The molecule has 13 nitrogen and oxygen atoms in total. The van der Waals surface area contributed by atoms with Crippen molar-refractivity contribution in [2.24, 2.45) is 7.05 Å². The number of carboxylic acids is 1. The van der Waals surface area contributed by atoms with Crippen LogP contribution < -0.4 is 4.90 Å². The summed E-state index contributed by atoms with van der Waals surface area (Å²) >= 11 is 0. The fourth-order valence-electron chi connectivity index (χ4n) is 7.36. The second-order valence-corrected chi connectivity index (χ2v) is 13.2. The Kier molecular flexibility index (Phi) is 9.60. The molecule has 0 bridgehead atoms. The van der Waals surface area contributed by atoms with Crippen LogP contribution in [0.3, 0.4) is 0 Å². The van der Waals surface area contributed by atoms with Crippen molar-refractivity contribution in [3.05, 3.63) is 70.7 Å². The van der Waals surface area contributed by atoms with Crippen LogP contribution in [0.25, 0.3) is 11.1 Å². The van der Waals surface area contributed by atoms with Gasteiger partial charge in [-0.25, -0.2) is 23.5 Å². The Morgan fingerprint density at radius 3 is 2.52 bits per heavy atom. The van der Waals surface area contributed by atoms with E-state index in [-0.39, 0.29) is 29.7 Å². The van der Waals surface area contributed by atoms with Crippen LogP contribution in [-0.2, 0) is 42.6 Å². The smallest absolute Gasteiger partial charge is 0.338 e. The number of halogens is 2. The third-order valence-electron chi connectivity index (χ3n) is 10.0. The van der Waals surface area contributed by atoms with Gasteiger partial charge in [0.05, 0.1) is 31.0 Å². The number of aryl methyl sites for hydroxylation is 2. The molecule has 0 unspecified atom stereocenters. The van der Waals surface area contributed by atoms with Crippen molar-refractivity contribution in [2.45, 2.75) is 64.6 Å². The van der Waals surface area contributed by atoms with Gasteiger partial charge in [0, 0.05) is 99.8 Å². The topological polar surface area (TPSA) is 135 Å². The van der Waals surface area contributed by atoms with Gasteiger partial charge in [-0.3, -0.25) is 14.2 Å². The molecule has 3 aromatic heterocycles. The molecule has 1 aromatic carbocycles. The normalized spacial score (nSPS) is 16.9. The second kappa shape index (κ2) is 14.2. The highest BCUT2D eigenvalue weighted by Gasteiger charge is 2.34. The van der Waals surface area contributed by atoms with Crippen LogP contribution in [-0.4, -0.2) is 95.6 Å². The molecule has 15 heteroatoms. The van der Waals surface area contributed by atoms with Crippen molar-refractivity contribution in [3.63, 3.8) is 0 Å². The van der Waals surface area contributed by atoms with Gasteiger partial charge in [0.25, 0.3) is 6.43 Å². The van der Waals surface area contributed by atoms with E-state index in [1.165, 1.54) is 12.4 Å². The van der Waals surface area contributed by atoms with Crippen LogP contribution in [0, 0.1) is 0 Å². The second-order valence-electron chi connectivity index (χ2n) is 13.2. The Morgan fingerprint density at radius 2 is 1.84 bits per heavy atom. The van der Waals surface area contributed by atoms with Crippen molar-refractivity contribution in [3.8, 4) is 11.1 Å². The van der Waals surface area contributed by atoms with Gasteiger partial charge < -0.3 is 24.5 Å². The molecular weight excluding hydrogens is 648 g/mol. The standard InChI is InChI=1S/C35H41F2N9O4/c1-22(47)44-11-7-30-29(20-44)34(45-8-3-4-23-14-27(25-18-40-42(2)19-25)28(33(36)37)15-31(23)45)41-46(30)26-5-9-43(10-6-26)12-13-50-21-32-38-16-24(17-39-32)35(48)49/h14-19,26,33H,3-13,20-21H2,1-2H3,(H,48,49). The molecule has 0 aliphatic carbocycles. The number of piperidine rings is 1. The highest BCUT2D eigenvalue weighted by molar-refractivity contribution is 5.86. The number of alkyl halides is 2. The summed E-state index contributed by atoms with van der Waals surface area (Å²) in [5.74, 6) is 0.137. The summed E-state index contributed by atoms with van der Waals surface area (Å²) in [5.41, 5.74) is 5.07. The summed E-state index contributed by atoms with van der Waals surface area (Å²) in [5, 5.41) is 18.5. The number of fused-ring (bicyclic) bond motifs is 2. The van der Waals surface area contributed by atoms with Crippen LogP contribution in [0.1, 0.15) is 77.2 Å². The van der Waals surface area contributed by atoms with Crippen LogP contribution in [0.5, 0.6) is 0 Å². The Labute approximate surface area is 288 Å². The number of hydrogen-bond acceptors (Lipinski definition) is 9. The van der Waals surface area contributed by atoms with E-state index in [0.717, 1.165) is 73.6 Å². The zero-order chi connectivity index (χ0) is 34.9. The molecule has 4 aromatic rings. The minimum absolute atomic E-state index is 0.00820. The molecule has 0 radical (unpaired) electrons. The van der Waals surface area contributed by atoms with Crippen LogP contribution in [0.15, 0.2) is 36.9 Å². The van der Waals surface area contributed by atoms with Gasteiger partial charge >= 0.3 is 5.97 Å².